The van der Waals surface area contributed by atoms with Crippen LogP contribution in [0.3, 0.4) is 0 Å². The van der Waals surface area contributed by atoms with E-state index in [0.717, 1.165) is 113 Å². The second kappa shape index (κ2) is 20.4. The molecule has 0 bridgehead atoms. The zero-order chi connectivity index (χ0) is 49.8. The van der Waals surface area contributed by atoms with Crippen molar-refractivity contribution >= 4 is 61.1 Å². The lowest BCUT2D eigenvalue weighted by Gasteiger charge is -2.52. The molecule has 0 atom stereocenters. The molecule has 4 aromatic rings. The van der Waals surface area contributed by atoms with Crippen LogP contribution in [0.1, 0.15) is 115 Å². The van der Waals surface area contributed by atoms with Gasteiger partial charge in [0.15, 0.2) is 0 Å². The van der Waals surface area contributed by atoms with E-state index in [0.29, 0.717) is 37.0 Å². The number of fused-ring (bicyclic) bond motifs is 4. The number of aryl methyl sites for hydroxylation is 4. The summed E-state index contributed by atoms with van der Waals surface area (Å²) in [5.41, 5.74) is 14.3. The number of benzene rings is 2. The van der Waals surface area contributed by atoms with Crippen molar-refractivity contribution in [1.82, 2.24) is 44.1 Å². The summed E-state index contributed by atoms with van der Waals surface area (Å²) in [6.07, 6.45) is 22.5. The Hall–Kier alpha value is -3.43. The molecule has 4 fully saturated rings. The molecule has 5 aliphatic carbocycles. The third-order valence-electron chi connectivity index (χ3n) is 16.7. The highest BCUT2D eigenvalue weighted by molar-refractivity contribution is 8.13. The maximum atomic E-state index is 13.2. The lowest BCUT2D eigenvalue weighted by atomic mass is 9.69. The van der Waals surface area contributed by atoms with Gasteiger partial charge in [0.1, 0.15) is 6.73 Å². The minimum absolute atomic E-state index is 0.0547. The van der Waals surface area contributed by atoms with Crippen LogP contribution in [0.2, 0.25) is 25.7 Å². The van der Waals surface area contributed by atoms with Crippen LogP contribution >= 0.6 is 10.7 Å². The normalized spacial score (nSPS) is 21.3. The van der Waals surface area contributed by atoms with Crippen molar-refractivity contribution in [3.63, 3.8) is 0 Å². The summed E-state index contributed by atoms with van der Waals surface area (Å²) < 4.78 is 58.9. The maximum absolute atomic E-state index is 13.2. The van der Waals surface area contributed by atoms with Gasteiger partial charge >= 0.3 is 0 Å². The molecule has 20 heteroatoms. The van der Waals surface area contributed by atoms with E-state index in [2.05, 4.69) is 91.6 Å². The van der Waals surface area contributed by atoms with Gasteiger partial charge in [-0.3, -0.25) is 0 Å². The molecule has 71 heavy (non-hydrogen) atoms. The van der Waals surface area contributed by atoms with Crippen molar-refractivity contribution < 1.29 is 21.6 Å². The van der Waals surface area contributed by atoms with Gasteiger partial charge in [-0.05, 0) is 178 Å². The van der Waals surface area contributed by atoms with E-state index >= 15 is 0 Å². The van der Waals surface area contributed by atoms with Gasteiger partial charge in [-0.1, -0.05) is 51.0 Å². The number of halogens is 1. The zero-order valence-electron chi connectivity index (χ0n) is 42.8. The summed E-state index contributed by atoms with van der Waals surface area (Å²) in [6, 6.07) is 5.76. The van der Waals surface area contributed by atoms with Crippen molar-refractivity contribution in [3.05, 3.63) is 56.6 Å². The van der Waals surface area contributed by atoms with E-state index < -0.39 is 32.3 Å². The molecule has 0 radical (unpaired) electrons. The van der Waals surface area contributed by atoms with E-state index in [-0.39, 0.29) is 11.9 Å². The first-order chi connectivity index (χ1) is 33.9. The maximum Gasteiger partial charge on any atom is 0.298 e. The number of H-pyrrole nitrogens is 1. The van der Waals surface area contributed by atoms with Gasteiger partial charge in [-0.15, -0.1) is 10.2 Å². The Morgan fingerprint density at radius 2 is 1.17 bits per heavy atom. The van der Waals surface area contributed by atoms with Gasteiger partial charge in [0, 0.05) is 76.0 Å². The topological polar surface area (TPSA) is 184 Å². The Bertz CT molecular complexity index is 2750. The third-order valence-corrected chi connectivity index (χ3v) is 21.1. The number of aromatic amines is 1. The van der Waals surface area contributed by atoms with Crippen molar-refractivity contribution in [2.24, 2.45) is 10.8 Å². The average Bonchev–Trinajstić information content (AvgIpc) is 4.17. The molecule has 0 unspecified atom stereocenters. The van der Waals surface area contributed by atoms with E-state index in [4.69, 9.17) is 15.4 Å². The highest BCUT2D eigenvalue weighted by atomic mass is 35.7. The Morgan fingerprint density at radius 3 is 1.65 bits per heavy atom. The van der Waals surface area contributed by atoms with Crippen LogP contribution in [0, 0.1) is 10.8 Å². The number of aromatic nitrogens is 6. The number of piperidine rings is 1. The van der Waals surface area contributed by atoms with Gasteiger partial charge in [-0.2, -0.15) is 14.3 Å². The molecule has 16 nitrogen and oxygen atoms in total. The van der Waals surface area contributed by atoms with Crippen LogP contribution in [-0.2, 0) is 81.9 Å². The molecular weight excluding hydrogens is 974 g/mol. The summed E-state index contributed by atoms with van der Waals surface area (Å²) in [6.45, 7) is 13.6. The number of ether oxygens (including phenoxy) is 1. The molecular formula is C51H76ClN11O5S2Si. The number of sulfonamides is 1. The minimum atomic E-state index is -4.03. The molecule has 12 rings (SSSR count). The summed E-state index contributed by atoms with van der Waals surface area (Å²) in [5, 5.41) is 17.4. The highest BCUT2D eigenvalue weighted by Crippen LogP contribution is 2.44. The highest BCUT2D eigenvalue weighted by Gasteiger charge is 2.46. The average molecular weight is 1050 g/mol. The van der Waals surface area contributed by atoms with E-state index in [9.17, 15) is 16.8 Å². The molecule has 388 valence electrons. The fourth-order valence-electron chi connectivity index (χ4n) is 13.2. The quantitative estimate of drug-likeness (QED) is 0.0700. The molecule has 8 aliphatic rings. The summed E-state index contributed by atoms with van der Waals surface area (Å²) in [7, 11) is 0.974. The molecule has 3 saturated heterocycles. The Kier molecular flexibility index (Phi) is 14.6. The fourth-order valence-corrected chi connectivity index (χ4v) is 15.8. The summed E-state index contributed by atoms with van der Waals surface area (Å²) in [5.74, 6) is 0.707. The number of likely N-dealkylation sites (tertiary alicyclic amines) is 2. The monoisotopic (exact) mass is 1050 g/mol. The fraction of sp³-hybridized carbons (Fsp3) is 0.686. The number of hydrogen-bond donors (Lipinski definition) is 3. The van der Waals surface area contributed by atoms with Gasteiger partial charge in [-0.25, -0.2) is 26.6 Å². The van der Waals surface area contributed by atoms with E-state index in [1.165, 1.54) is 107 Å². The van der Waals surface area contributed by atoms with Crippen LogP contribution in [-0.4, -0.2) is 129 Å². The van der Waals surface area contributed by atoms with E-state index in [1.54, 1.807) is 4.31 Å². The van der Waals surface area contributed by atoms with Gasteiger partial charge in [0.25, 0.3) is 29.4 Å². The first-order valence-electron chi connectivity index (χ1n) is 26.5. The molecule has 1 saturated carbocycles. The zero-order valence-corrected chi connectivity index (χ0v) is 46.2. The minimum Gasteiger partial charge on any atom is -0.359 e. The standard InChI is InChI=1S/C22H30N6O2S.C20H29ClN4O3SSi.C9H17N/c1-27-13-22(14-27)8-10-28(11-9-22)31(29,30)21-24-20(25-26-21)23-19-17-6-2-4-15(17)12-16-5-3-7-18(16)19;1-30(2,3)11-10-28-13-25-19(23-20(24-25)29(21,26)27)22-18-16-8-4-6-14(16)12-15-7-5-9-17(15)18;1-10-7-9(8-10)5-3-2-4-6-9/h12H,2-11,13-14H2,1H3,(H2,23,24,25,26);12H,4-11,13H2,1-3H3,(H,22,23,24);2-8H2,1H3. The smallest absolute Gasteiger partial charge is 0.298 e. The van der Waals surface area contributed by atoms with Crippen molar-refractivity contribution in [2.75, 3.05) is 70.6 Å². The van der Waals surface area contributed by atoms with Gasteiger partial charge in [0.05, 0.1) is 0 Å². The summed E-state index contributed by atoms with van der Waals surface area (Å²) >= 11 is 0. The van der Waals surface area contributed by atoms with Gasteiger partial charge < -0.3 is 25.2 Å². The molecule has 0 amide bonds. The molecule has 3 N–H and O–H groups in total. The first-order valence-corrected chi connectivity index (χ1v) is 34.0. The Morgan fingerprint density at radius 1 is 0.676 bits per heavy atom. The number of nitrogens with one attached hydrogen (secondary N) is 3. The second-order valence-electron chi connectivity index (χ2n) is 23.5. The molecule has 2 aromatic heterocycles. The predicted molar refractivity (Wildman–Crippen MR) is 282 cm³/mol. The number of anilines is 4. The predicted octanol–water partition coefficient (Wildman–Crippen LogP) is 8.36. The summed E-state index contributed by atoms with van der Waals surface area (Å²) in [4.78, 5) is 13.3. The lowest BCUT2D eigenvalue weighted by molar-refractivity contribution is -0.0172. The lowest BCUT2D eigenvalue weighted by Crippen LogP contribution is -2.59. The van der Waals surface area contributed by atoms with Crippen LogP contribution in [0.4, 0.5) is 23.3 Å². The van der Waals surface area contributed by atoms with Crippen LogP contribution < -0.4 is 10.6 Å². The van der Waals surface area contributed by atoms with Gasteiger partial charge in [0.2, 0.25) is 11.9 Å². The van der Waals surface area contributed by atoms with Crippen LogP contribution in [0.25, 0.3) is 0 Å². The largest absolute Gasteiger partial charge is 0.359 e. The third kappa shape index (κ3) is 11.2. The van der Waals surface area contributed by atoms with E-state index in [1.807, 2.05) is 0 Å². The van der Waals surface area contributed by atoms with Crippen molar-refractivity contribution in [1.29, 1.82) is 0 Å². The van der Waals surface area contributed by atoms with Crippen molar-refractivity contribution in [2.45, 2.75) is 165 Å². The Labute approximate surface area is 427 Å². The number of hydrogen-bond acceptors (Lipinski definition) is 13. The molecule has 2 aromatic carbocycles. The van der Waals surface area contributed by atoms with Crippen LogP contribution in [0.15, 0.2) is 22.4 Å². The molecule has 5 heterocycles. The second-order valence-corrected chi connectivity index (χ2v) is 33.4. The van der Waals surface area contributed by atoms with Crippen LogP contribution in [0.5, 0.6) is 0 Å². The first kappa shape index (κ1) is 51.1. The van der Waals surface area contributed by atoms with Crippen molar-refractivity contribution in [3.8, 4) is 0 Å². The Balaban J connectivity index is 0.000000137. The SMILES string of the molecule is CN1CC2(CCCCC2)C1.CN1CC2(CCN(S(=O)(=O)c3nc(Nc4c5c(cc6c4CCC6)CCC5)n[nH]3)CC2)C1.C[Si](C)(C)CCOCn1nc(S(=O)(=O)Cl)nc1Nc1c2c(cc3c1CCC3)CCC2. The number of nitrogens with zero attached hydrogens (tertiary/aromatic N) is 8. The number of rotatable bonds is 12. The molecule has 3 aliphatic heterocycles. The molecule has 2 spiro atoms.